The van der Waals surface area contributed by atoms with Crippen LogP contribution in [0.2, 0.25) is 0 Å². The lowest BCUT2D eigenvalue weighted by Gasteiger charge is -2.36. The maximum Gasteiger partial charge on any atom is 0.243 e. The van der Waals surface area contributed by atoms with Crippen LogP contribution in [0, 0.1) is 17.8 Å². The van der Waals surface area contributed by atoms with Crippen molar-refractivity contribution in [2.45, 2.75) is 71.8 Å². The molecule has 184 valence electrons. The molecule has 1 aromatic heterocycles. The summed E-state index contributed by atoms with van der Waals surface area (Å²) in [5, 5.41) is 2.94. The van der Waals surface area contributed by atoms with Crippen LogP contribution in [-0.4, -0.2) is 58.9 Å². The minimum atomic E-state index is -0.783. The Balaban J connectivity index is 1.41. The molecule has 2 aliphatic heterocycles. The lowest BCUT2D eigenvalue weighted by Crippen LogP contribution is -2.50. The van der Waals surface area contributed by atoms with E-state index in [0.29, 0.717) is 25.8 Å². The number of aromatic nitrogens is 1. The number of hydrogen-bond acceptors (Lipinski definition) is 6. The molecule has 8 nitrogen and oxygen atoms in total. The van der Waals surface area contributed by atoms with Crippen molar-refractivity contribution in [3.8, 4) is 0 Å². The Labute approximate surface area is 201 Å². The number of nitrogens with one attached hydrogen (secondary N) is 1. The van der Waals surface area contributed by atoms with Gasteiger partial charge in [-0.25, -0.2) is 4.98 Å². The molecule has 0 radical (unpaired) electrons. The second-order valence-electron chi connectivity index (χ2n) is 10.3. The van der Waals surface area contributed by atoms with E-state index in [9.17, 15) is 14.4 Å². The van der Waals surface area contributed by atoms with Crippen molar-refractivity contribution in [2.24, 2.45) is 17.8 Å². The number of ether oxygens (including phenoxy) is 1. The SMILES string of the molecule is CC(C)CC(C(=O)NCc1ccc(N2CC(C)OC(C)C2)nc1)N1C(=O)C2CC=CCC2C1=O. The van der Waals surface area contributed by atoms with Crippen molar-refractivity contribution >= 4 is 23.5 Å². The molecule has 3 amide bonds. The second-order valence-corrected chi connectivity index (χ2v) is 10.3. The van der Waals surface area contributed by atoms with E-state index in [4.69, 9.17) is 4.74 Å². The number of carbonyl (C=O) groups is 3. The van der Waals surface area contributed by atoms with Gasteiger partial charge >= 0.3 is 0 Å². The van der Waals surface area contributed by atoms with Crippen LogP contribution in [0.5, 0.6) is 0 Å². The van der Waals surface area contributed by atoms with Crippen molar-refractivity contribution in [3.63, 3.8) is 0 Å². The predicted octanol–water partition coefficient (Wildman–Crippen LogP) is 2.68. The fourth-order valence-corrected chi connectivity index (χ4v) is 5.29. The maximum absolute atomic E-state index is 13.2. The van der Waals surface area contributed by atoms with Crippen molar-refractivity contribution in [2.75, 3.05) is 18.0 Å². The van der Waals surface area contributed by atoms with E-state index >= 15 is 0 Å². The van der Waals surface area contributed by atoms with Crippen LogP contribution in [-0.2, 0) is 25.7 Å². The number of amides is 3. The summed E-state index contributed by atoms with van der Waals surface area (Å²) in [6.07, 6.45) is 7.58. The van der Waals surface area contributed by atoms with Gasteiger partial charge in [-0.1, -0.05) is 32.1 Å². The van der Waals surface area contributed by atoms with Crippen molar-refractivity contribution in [1.29, 1.82) is 0 Å². The molecule has 0 saturated carbocycles. The largest absolute Gasteiger partial charge is 0.372 e. The first-order valence-electron chi connectivity index (χ1n) is 12.4. The second kappa shape index (κ2) is 10.3. The zero-order valence-electron chi connectivity index (χ0n) is 20.6. The summed E-state index contributed by atoms with van der Waals surface area (Å²) >= 11 is 0. The first kappa shape index (κ1) is 24.4. The molecule has 0 aromatic carbocycles. The van der Waals surface area contributed by atoms with Gasteiger partial charge in [-0.15, -0.1) is 0 Å². The fourth-order valence-electron chi connectivity index (χ4n) is 5.29. The Morgan fingerprint density at radius 2 is 1.71 bits per heavy atom. The van der Waals surface area contributed by atoms with E-state index in [0.717, 1.165) is 24.5 Å². The summed E-state index contributed by atoms with van der Waals surface area (Å²) in [4.78, 5) is 47.4. The molecule has 1 aliphatic carbocycles. The summed E-state index contributed by atoms with van der Waals surface area (Å²) < 4.78 is 5.79. The van der Waals surface area contributed by atoms with E-state index in [1.54, 1.807) is 6.20 Å². The highest BCUT2D eigenvalue weighted by Crippen LogP contribution is 2.37. The quantitative estimate of drug-likeness (QED) is 0.489. The van der Waals surface area contributed by atoms with Crippen molar-refractivity contribution < 1.29 is 19.1 Å². The number of nitrogens with zero attached hydrogens (tertiary/aromatic N) is 3. The number of imide groups is 1. The molecule has 0 spiro atoms. The number of allylic oxidation sites excluding steroid dienone is 2. The first-order valence-corrected chi connectivity index (χ1v) is 12.4. The van der Waals surface area contributed by atoms with Gasteiger partial charge in [0.2, 0.25) is 17.7 Å². The van der Waals surface area contributed by atoms with E-state index in [1.165, 1.54) is 4.90 Å². The van der Waals surface area contributed by atoms with Gasteiger partial charge in [0, 0.05) is 25.8 Å². The van der Waals surface area contributed by atoms with E-state index in [2.05, 4.69) is 29.0 Å². The molecular formula is C26H36N4O4. The van der Waals surface area contributed by atoms with Gasteiger partial charge in [0.1, 0.15) is 11.9 Å². The Bertz CT molecular complexity index is 909. The van der Waals surface area contributed by atoms with Gasteiger partial charge in [0.05, 0.1) is 24.0 Å². The Morgan fingerprint density at radius 1 is 1.09 bits per heavy atom. The zero-order chi connectivity index (χ0) is 24.4. The fraction of sp³-hybridized carbons (Fsp3) is 0.615. The third kappa shape index (κ3) is 5.17. The summed E-state index contributed by atoms with van der Waals surface area (Å²) in [5.74, 6) is -0.317. The van der Waals surface area contributed by atoms with Gasteiger partial charge in [-0.05, 0) is 50.7 Å². The van der Waals surface area contributed by atoms with E-state index < -0.39 is 6.04 Å². The van der Waals surface area contributed by atoms with Crippen LogP contribution in [0.1, 0.15) is 52.5 Å². The van der Waals surface area contributed by atoms with E-state index in [1.807, 2.05) is 38.1 Å². The molecule has 2 saturated heterocycles. The minimum absolute atomic E-state index is 0.151. The van der Waals surface area contributed by atoms with Crippen molar-refractivity contribution in [3.05, 3.63) is 36.0 Å². The van der Waals surface area contributed by atoms with Crippen LogP contribution >= 0.6 is 0 Å². The van der Waals surface area contributed by atoms with Crippen LogP contribution < -0.4 is 10.2 Å². The molecule has 1 aromatic rings. The predicted molar refractivity (Wildman–Crippen MR) is 129 cm³/mol. The molecule has 1 N–H and O–H groups in total. The molecule has 34 heavy (non-hydrogen) atoms. The van der Waals surface area contributed by atoms with Crippen LogP contribution in [0.25, 0.3) is 0 Å². The lowest BCUT2D eigenvalue weighted by atomic mass is 9.85. The van der Waals surface area contributed by atoms with Crippen molar-refractivity contribution in [1.82, 2.24) is 15.2 Å². The third-order valence-corrected chi connectivity index (χ3v) is 6.87. The van der Waals surface area contributed by atoms with Crippen LogP contribution in [0.4, 0.5) is 5.82 Å². The number of hydrogen-bond donors (Lipinski definition) is 1. The summed E-state index contributed by atoms with van der Waals surface area (Å²) in [5.41, 5.74) is 0.867. The molecule has 2 fully saturated rings. The molecule has 4 rings (SSSR count). The van der Waals surface area contributed by atoms with Gasteiger partial charge in [-0.2, -0.15) is 0 Å². The molecule has 0 bridgehead atoms. The number of anilines is 1. The number of carbonyl (C=O) groups excluding carboxylic acids is 3. The van der Waals surface area contributed by atoms with E-state index in [-0.39, 0.29) is 47.7 Å². The summed E-state index contributed by atoms with van der Waals surface area (Å²) in [6, 6.07) is 3.13. The van der Waals surface area contributed by atoms with Gasteiger partial charge < -0.3 is 15.0 Å². The average molecular weight is 469 g/mol. The minimum Gasteiger partial charge on any atom is -0.372 e. The number of likely N-dealkylation sites (tertiary alicyclic amines) is 1. The normalized spacial score (nSPS) is 27.8. The number of rotatable bonds is 7. The Morgan fingerprint density at radius 3 is 2.24 bits per heavy atom. The molecule has 3 heterocycles. The zero-order valence-corrected chi connectivity index (χ0v) is 20.6. The number of fused-ring (bicyclic) bond motifs is 1. The van der Waals surface area contributed by atoms with Gasteiger partial charge in [0.25, 0.3) is 0 Å². The first-order chi connectivity index (χ1) is 16.2. The molecule has 5 unspecified atom stereocenters. The number of morpholine rings is 1. The molecular weight excluding hydrogens is 432 g/mol. The third-order valence-electron chi connectivity index (χ3n) is 6.87. The Kier molecular flexibility index (Phi) is 7.36. The highest BCUT2D eigenvalue weighted by molar-refractivity contribution is 6.08. The maximum atomic E-state index is 13.2. The molecule has 3 aliphatic rings. The highest BCUT2D eigenvalue weighted by atomic mass is 16.5. The van der Waals surface area contributed by atoms with Gasteiger partial charge in [0.15, 0.2) is 0 Å². The van der Waals surface area contributed by atoms with Crippen LogP contribution in [0.15, 0.2) is 30.5 Å². The Hall–Kier alpha value is -2.74. The molecule has 5 atom stereocenters. The summed E-state index contributed by atoms with van der Waals surface area (Å²) in [7, 11) is 0. The number of pyridine rings is 1. The summed E-state index contributed by atoms with van der Waals surface area (Å²) in [6.45, 7) is 9.98. The average Bonchev–Trinajstić information content (AvgIpc) is 3.05. The highest BCUT2D eigenvalue weighted by Gasteiger charge is 2.51. The smallest absolute Gasteiger partial charge is 0.243 e. The molecule has 8 heteroatoms. The standard InChI is InChI=1S/C26H36N4O4/c1-16(2)11-22(30-25(32)20-7-5-6-8-21(20)26(30)33)24(31)28-13-19-9-10-23(27-12-19)29-14-17(3)34-18(4)15-29/h5-6,9-10,12,16-18,20-22H,7-8,11,13-15H2,1-4H3,(H,28,31). The van der Waals surface area contributed by atoms with Gasteiger partial charge in [-0.3, -0.25) is 19.3 Å². The monoisotopic (exact) mass is 468 g/mol. The van der Waals surface area contributed by atoms with Crippen LogP contribution in [0.3, 0.4) is 0 Å². The topological polar surface area (TPSA) is 91.8 Å². The lowest BCUT2D eigenvalue weighted by molar-refractivity contribution is -0.148.